The van der Waals surface area contributed by atoms with Gasteiger partial charge in [0.1, 0.15) is 73.3 Å². The molecule has 5 amide bonds. The van der Waals surface area contributed by atoms with E-state index in [1.807, 2.05) is 6.92 Å². The number of benzene rings is 1. The van der Waals surface area contributed by atoms with Crippen molar-refractivity contribution in [2.75, 3.05) is 43.6 Å². The van der Waals surface area contributed by atoms with E-state index in [4.69, 9.17) is 22.1 Å². The van der Waals surface area contributed by atoms with Gasteiger partial charge < -0.3 is 72.1 Å². The first-order valence-corrected chi connectivity index (χ1v) is 32.5. The molecule has 1 aromatic carbocycles. The van der Waals surface area contributed by atoms with Crippen LogP contribution >= 0.6 is 47.8 Å². The summed E-state index contributed by atoms with van der Waals surface area (Å²) in [7, 11) is -3.87. The quantitative estimate of drug-likeness (QED) is 0.00814. The number of terminal acetylenes is 2. The number of nitrogens with one attached hydrogen (secondary N) is 5. The van der Waals surface area contributed by atoms with Gasteiger partial charge in [0, 0.05) is 0 Å². The lowest BCUT2D eigenvalue weighted by molar-refractivity contribution is -0.396. The van der Waals surface area contributed by atoms with Crippen molar-refractivity contribution < 1.29 is 70.6 Å². The van der Waals surface area contributed by atoms with Crippen molar-refractivity contribution in [2.24, 2.45) is 0 Å². The summed E-state index contributed by atoms with van der Waals surface area (Å²) in [5.41, 5.74) is 2.35. The summed E-state index contributed by atoms with van der Waals surface area (Å²) in [4.78, 5) is 121. The average molecular weight is 1630 g/mol. The second-order valence-corrected chi connectivity index (χ2v) is 22.4. The maximum absolute atomic E-state index is 12.1. The fraction of sp³-hybridized carbons (Fsp3) is 0.346. The Bertz CT molecular complexity index is 4130. The van der Waals surface area contributed by atoms with Crippen molar-refractivity contribution in [1.29, 1.82) is 0 Å². The third-order valence-electron chi connectivity index (χ3n) is 11.4. The van der Waals surface area contributed by atoms with E-state index in [1.165, 1.54) is 88.1 Å². The number of hydrogen-bond acceptors (Lipinski definition) is 28. The monoisotopic (exact) mass is 1620 g/mol. The highest BCUT2D eigenvalue weighted by Gasteiger charge is 2.21. The number of nitro groups is 4. The van der Waals surface area contributed by atoms with Crippen LogP contribution in [0.4, 0.5) is 28.2 Å². The maximum Gasteiger partial charge on any atom is 0.435 e. The van der Waals surface area contributed by atoms with Crippen molar-refractivity contribution in [3.05, 3.63) is 156 Å². The van der Waals surface area contributed by atoms with Crippen LogP contribution in [0.5, 0.6) is 0 Å². The number of aliphatic hydroxyl groups is 1. The predicted octanol–water partition coefficient (Wildman–Crippen LogP) is -0.252. The van der Waals surface area contributed by atoms with Crippen LogP contribution in [-0.2, 0) is 109 Å². The number of amides is 5. The van der Waals surface area contributed by atoms with Gasteiger partial charge in [-0.15, -0.1) is 28.1 Å². The van der Waals surface area contributed by atoms with Gasteiger partial charge in [0.15, 0.2) is 26.2 Å². The van der Waals surface area contributed by atoms with E-state index in [9.17, 15) is 82.0 Å². The van der Waals surface area contributed by atoms with Crippen molar-refractivity contribution in [3.63, 3.8) is 0 Å². The molecule has 0 aliphatic carbocycles. The van der Waals surface area contributed by atoms with Crippen LogP contribution in [-0.4, -0.2) is 194 Å². The highest BCUT2D eigenvalue weighted by molar-refractivity contribution is 9.19. The van der Waals surface area contributed by atoms with Crippen LogP contribution in [0.2, 0.25) is 0 Å². The van der Waals surface area contributed by atoms with Crippen molar-refractivity contribution in [2.45, 2.75) is 77.3 Å². The number of aryl methyl sites for hydroxylation is 2. The summed E-state index contributed by atoms with van der Waals surface area (Å²) < 4.78 is 50.0. The molecule has 0 atom stereocenters. The van der Waals surface area contributed by atoms with Gasteiger partial charge in [-0.05, 0) is 54.7 Å². The summed E-state index contributed by atoms with van der Waals surface area (Å²) in [6.45, 7) is 1.48. The molecule has 540 valence electrons. The van der Waals surface area contributed by atoms with Gasteiger partial charge in [0.2, 0.25) is 10.6 Å². The molecule has 0 radical (unpaired) electrons. The van der Waals surface area contributed by atoms with E-state index in [0.717, 1.165) is 23.8 Å². The normalized spacial score (nSPS) is 10.2. The van der Waals surface area contributed by atoms with Gasteiger partial charge in [-0.1, -0.05) is 97.0 Å². The van der Waals surface area contributed by atoms with Crippen molar-refractivity contribution >= 4 is 116 Å². The fourth-order valence-electron chi connectivity index (χ4n) is 6.93. The topological polar surface area (TPSA) is 562 Å². The smallest absolute Gasteiger partial charge is 0.394 e. The number of carbonyl (C=O) groups is 6. The number of aliphatic hydroxyl groups excluding tert-OH is 1. The zero-order valence-electron chi connectivity index (χ0n) is 52.5. The molecular formula is C52H60Br3FN26O18S. The zero-order chi connectivity index (χ0) is 74.9. The number of aromatic nitrogens is 17. The second kappa shape index (κ2) is 45.1. The Hall–Kier alpha value is -11.5. The Morgan fingerprint density at radius 3 is 1.19 bits per heavy atom. The highest BCUT2D eigenvalue weighted by Crippen LogP contribution is 2.14. The molecular weight excluding hydrogens is 1570 g/mol. The SMILES string of the molecule is C#CCNC(=O)CBr.C#CCNC(=O)Cn1ccnc1[N+](=O)[O-].Cc1ccc(S(=O)(=O)OCCn2cc(CNC(=O)Cn3ccnc3[N+](=O)[O-])nn2)cc1.O=C(Br)CBr.O=C(Cn1ccnc1[N+](=O)[O-])NCc1cn(CCF)nn1.O=C(Cn1ccnc1[N+](=O)[O-])NCc1cn(CCO)nn1. The molecule has 44 nitrogen and oxygen atoms in total. The van der Waals surface area contributed by atoms with Gasteiger partial charge in [-0.25, -0.2) is 36.7 Å². The Labute approximate surface area is 594 Å². The Balaban J connectivity index is 0.000000338. The van der Waals surface area contributed by atoms with E-state index >= 15 is 0 Å². The number of rotatable bonds is 31. The van der Waals surface area contributed by atoms with Gasteiger partial charge in [-0.3, -0.25) is 33.0 Å². The molecule has 0 spiro atoms. The van der Waals surface area contributed by atoms with Gasteiger partial charge in [-0.2, -0.15) is 8.42 Å². The minimum absolute atomic E-state index is 0.0162. The average Bonchev–Trinajstić information content (AvgIpc) is 1.74. The first-order chi connectivity index (χ1) is 48.2. The van der Waals surface area contributed by atoms with E-state index in [1.54, 1.807) is 18.3 Å². The maximum atomic E-state index is 12.1. The number of hydrogen-bond donors (Lipinski definition) is 6. The number of alkyl halides is 3. The minimum Gasteiger partial charge on any atom is -0.394 e. The molecule has 0 saturated heterocycles. The van der Waals surface area contributed by atoms with Crippen LogP contribution in [0.3, 0.4) is 0 Å². The molecule has 49 heteroatoms. The van der Waals surface area contributed by atoms with E-state index in [0.29, 0.717) is 40.8 Å². The minimum atomic E-state index is -3.87. The fourth-order valence-corrected chi connectivity index (χ4v) is 8.03. The van der Waals surface area contributed by atoms with Crippen molar-refractivity contribution in [1.82, 2.24) is 110 Å². The lowest BCUT2D eigenvalue weighted by Crippen LogP contribution is -2.27. The molecule has 0 unspecified atom stereocenters. The number of imidazole rings is 4. The van der Waals surface area contributed by atoms with Gasteiger partial charge in [0.25, 0.3) is 33.7 Å². The summed E-state index contributed by atoms with van der Waals surface area (Å²) >= 11 is 8.57. The first kappa shape index (κ1) is 83.7. The molecule has 7 heterocycles. The lowest BCUT2D eigenvalue weighted by Gasteiger charge is -2.06. The first-order valence-electron chi connectivity index (χ1n) is 28.1. The van der Waals surface area contributed by atoms with E-state index in [2.05, 4.69) is 137 Å². The van der Waals surface area contributed by atoms with Crippen LogP contribution in [0.15, 0.2) is 97.3 Å². The molecule has 8 aromatic rings. The molecule has 101 heavy (non-hydrogen) atoms. The van der Waals surface area contributed by atoms with Crippen LogP contribution in [0.25, 0.3) is 0 Å². The Morgan fingerprint density at radius 1 is 0.554 bits per heavy atom. The van der Waals surface area contributed by atoms with Crippen LogP contribution in [0.1, 0.15) is 22.6 Å². The van der Waals surface area contributed by atoms with Gasteiger partial charge in [0.05, 0.1) is 99.7 Å². The van der Waals surface area contributed by atoms with Gasteiger partial charge >= 0.3 is 23.8 Å². The number of nitrogens with zero attached hydrogens (tertiary/aromatic N) is 21. The summed E-state index contributed by atoms with van der Waals surface area (Å²) in [5.74, 6) is 1.13. The molecule has 0 bridgehead atoms. The van der Waals surface area contributed by atoms with Crippen LogP contribution < -0.4 is 26.6 Å². The Morgan fingerprint density at radius 2 is 0.881 bits per heavy atom. The highest BCUT2D eigenvalue weighted by atomic mass is 79.9. The number of halogens is 4. The molecule has 0 saturated carbocycles. The zero-order valence-corrected chi connectivity index (χ0v) is 58.1. The molecule has 6 N–H and O–H groups in total. The Kier molecular flexibility index (Phi) is 37.4. The van der Waals surface area contributed by atoms with Crippen LogP contribution in [0, 0.1) is 72.1 Å². The molecule has 7 aromatic heterocycles. The largest absolute Gasteiger partial charge is 0.435 e. The molecule has 0 aliphatic heterocycles. The number of carbonyl (C=O) groups excluding carboxylic acids is 6. The molecule has 0 fully saturated rings. The summed E-state index contributed by atoms with van der Waals surface area (Å²) in [5, 5.41) is 87.2. The molecule has 8 rings (SSSR count). The molecule has 0 aliphatic rings. The predicted molar refractivity (Wildman–Crippen MR) is 354 cm³/mol. The summed E-state index contributed by atoms with van der Waals surface area (Å²) in [6, 6.07) is 6.30. The summed E-state index contributed by atoms with van der Waals surface area (Å²) in [6.07, 6.45) is 24.8. The van der Waals surface area contributed by atoms with E-state index < -0.39 is 72.0 Å². The standard InChI is InChI=1S/C17H19N7O6S.C10H12FN7O3.C10H13N7O4.C8H8N4O3.C5H6BrNO.C2H2Br2O/c1-13-2-4-15(5-3-13)31(28,29)30-9-8-23-11-14(20-21-23)10-19-16(25)12-22-7-6-18-17(22)24(26)27;11-1-3-17-6-8(14-15-17)5-13-9(19)7-16-4-2-12-10(16)18(20)21;18-4-3-16-6-8(13-14-16)5-12-9(19)7-15-2-1-11-10(15)17(20)21;1-2-3-9-7(13)6-11-5-4-10-8(11)12(14)15;1-2-3-7-5(8)4-6;3-1-2(4)5/h2-7,11H,8-10,12H2,1H3,(H,19,25);2,4,6H,1,3,5,7H2,(H,13,19);1-2,6,18H,3-5,7H2,(H,12,19);1,4-5H,3,6H2,(H,9,13);1H,3-4H2,(H,7,8);1H2. The third-order valence-corrected chi connectivity index (χ3v) is 14.7. The van der Waals surface area contributed by atoms with Crippen molar-refractivity contribution in [3.8, 4) is 24.7 Å². The van der Waals surface area contributed by atoms with E-state index in [-0.39, 0.29) is 106 Å². The third kappa shape index (κ3) is 32.1. The lowest BCUT2D eigenvalue weighted by atomic mass is 10.2. The second-order valence-electron chi connectivity index (χ2n) is 18.8.